The van der Waals surface area contributed by atoms with Crippen LogP contribution in [0.1, 0.15) is 18.4 Å². The summed E-state index contributed by atoms with van der Waals surface area (Å²) >= 11 is 0. The van der Waals surface area contributed by atoms with Crippen molar-refractivity contribution < 1.29 is 9.53 Å². The predicted octanol–water partition coefficient (Wildman–Crippen LogP) is 2.90. The smallest absolute Gasteiger partial charge is 0.245 e. The third kappa shape index (κ3) is 5.31. The Bertz CT molecular complexity index is 698. The fourth-order valence-corrected chi connectivity index (χ4v) is 3.58. The van der Waals surface area contributed by atoms with Gasteiger partial charge in [0.1, 0.15) is 5.54 Å². The molecule has 2 aromatic carbocycles. The summed E-state index contributed by atoms with van der Waals surface area (Å²) in [5, 5.41) is 6.56. The topological polar surface area (TPSA) is 53.6 Å². The van der Waals surface area contributed by atoms with Crippen molar-refractivity contribution in [3.63, 3.8) is 0 Å². The van der Waals surface area contributed by atoms with Crippen LogP contribution in [0.3, 0.4) is 0 Å². The first-order valence-corrected chi connectivity index (χ1v) is 9.59. The van der Waals surface area contributed by atoms with Gasteiger partial charge in [0.05, 0.1) is 6.61 Å². The number of anilines is 1. The van der Waals surface area contributed by atoms with E-state index in [1.54, 1.807) is 7.11 Å². The number of carbonyl (C=O) groups is 1. The van der Waals surface area contributed by atoms with Crippen molar-refractivity contribution in [3.05, 3.63) is 66.2 Å². The summed E-state index contributed by atoms with van der Waals surface area (Å²) in [5.41, 5.74) is 1.71. The van der Waals surface area contributed by atoms with E-state index in [9.17, 15) is 4.79 Å². The number of para-hydroxylation sites is 1. The summed E-state index contributed by atoms with van der Waals surface area (Å²) in [5.74, 6) is 0.0581. The van der Waals surface area contributed by atoms with Gasteiger partial charge in [0.15, 0.2) is 0 Å². The van der Waals surface area contributed by atoms with Gasteiger partial charge >= 0.3 is 0 Å². The molecule has 1 amide bonds. The minimum Gasteiger partial charge on any atom is -0.383 e. The van der Waals surface area contributed by atoms with Crippen molar-refractivity contribution in [1.29, 1.82) is 0 Å². The number of likely N-dealkylation sites (tertiary alicyclic amines) is 1. The highest BCUT2D eigenvalue weighted by atomic mass is 16.5. The molecule has 1 aliphatic heterocycles. The van der Waals surface area contributed by atoms with Crippen LogP contribution in [0, 0.1) is 0 Å². The van der Waals surface area contributed by atoms with Crippen LogP contribution in [0.25, 0.3) is 0 Å². The number of rotatable bonds is 8. The van der Waals surface area contributed by atoms with Crippen LogP contribution in [0.4, 0.5) is 5.69 Å². The Labute approximate surface area is 161 Å². The number of amides is 1. The SMILES string of the molecule is COCCNC(=O)C1(Nc2ccccc2)CCN(Cc2ccccc2)CC1. The fraction of sp³-hybridized carbons (Fsp3) is 0.409. The van der Waals surface area contributed by atoms with Crippen molar-refractivity contribution >= 4 is 11.6 Å². The maximum atomic E-state index is 13.0. The van der Waals surface area contributed by atoms with Crippen molar-refractivity contribution in [2.24, 2.45) is 0 Å². The Kier molecular flexibility index (Phi) is 6.85. The van der Waals surface area contributed by atoms with Gasteiger partial charge < -0.3 is 15.4 Å². The van der Waals surface area contributed by atoms with Crippen LogP contribution in [0.5, 0.6) is 0 Å². The van der Waals surface area contributed by atoms with E-state index in [0.717, 1.165) is 38.2 Å². The standard InChI is InChI=1S/C22H29N3O2/c1-27-17-14-23-21(26)22(24-20-10-6-3-7-11-20)12-15-25(16-13-22)18-19-8-4-2-5-9-19/h2-11,24H,12-18H2,1H3,(H,23,26). The quantitative estimate of drug-likeness (QED) is 0.705. The molecule has 0 unspecified atom stereocenters. The molecule has 0 saturated carbocycles. The predicted molar refractivity (Wildman–Crippen MR) is 109 cm³/mol. The minimum atomic E-state index is -0.581. The average Bonchev–Trinajstić information content (AvgIpc) is 2.71. The summed E-state index contributed by atoms with van der Waals surface area (Å²) in [6, 6.07) is 20.5. The highest BCUT2D eigenvalue weighted by molar-refractivity contribution is 5.89. The molecule has 1 heterocycles. The van der Waals surface area contributed by atoms with Gasteiger partial charge in [-0.05, 0) is 30.5 Å². The van der Waals surface area contributed by atoms with E-state index in [1.165, 1.54) is 5.56 Å². The minimum absolute atomic E-state index is 0.0581. The van der Waals surface area contributed by atoms with Gasteiger partial charge in [-0.1, -0.05) is 48.5 Å². The number of hydrogen-bond acceptors (Lipinski definition) is 4. The molecule has 0 radical (unpaired) electrons. The Hall–Kier alpha value is -2.37. The molecule has 1 saturated heterocycles. The lowest BCUT2D eigenvalue weighted by atomic mass is 9.85. The average molecular weight is 367 g/mol. The van der Waals surface area contributed by atoms with Gasteiger partial charge in [0, 0.05) is 39.0 Å². The summed E-state index contributed by atoms with van der Waals surface area (Å²) < 4.78 is 5.07. The van der Waals surface area contributed by atoms with E-state index in [1.807, 2.05) is 36.4 Å². The summed E-state index contributed by atoms with van der Waals surface area (Å²) in [4.78, 5) is 15.4. The molecule has 0 bridgehead atoms. The molecule has 144 valence electrons. The van der Waals surface area contributed by atoms with Gasteiger partial charge in [0.25, 0.3) is 0 Å². The largest absolute Gasteiger partial charge is 0.383 e. The number of carbonyl (C=O) groups excluding carboxylic acids is 1. The van der Waals surface area contributed by atoms with E-state index < -0.39 is 5.54 Å². The zero-order chi connectivity index (χ0) is 19.0. The summed E-state index contributed by atoms with van der Waals surface area (Å²) in [7, 11) is 1.65. The molecule has 0 aliphatic carbocycles. The van der Waals surface area contributed by atoms with Crippen molar-refractivity contribution in [2.45, 2.75) is 24.9 Å². The fourth-order valence-electron chi connectivity index (χ4n) is 3.58. The number of methoxy groups -OCH3 is 1. The van der Waals surface area contributed by atoms with E-state index in [-0.39, 0.29) is 5.91 Å². The number of nitrogens with zero attached hydrogens (tertiary/aromatic N) is 1. The first-order valence-electron chi connectivity index (χ1n) is 9.59. The molecule has 0 atom stereocenters. The molecule has 0 aromatic heterocycles. The molecule has 27 heavy (non-hydrogen) atoms. The molecule has 1 aliphatic rings. The highest BCUT2D eigenvalue weighted by Gasteiger charge is 2.41. The summed E-state index contributed by atoms with van der Waals surface area (Å²) in [6.07, 6.45) is 1.54. The Morgan fingerprint density at radius 2 is 1.67 bits per heavy atom. The van der Waals surface area contributed by atoms with Crippen molar-refractivity contribution in [2.75, 3.05) is 38.7 Å². The van der Waals surface area contributed by atoms with Crippen LogP contribution in [0.2, 0.25) is 0 Å². The van der Waals surface area contributed by atoms with Crippen LogP contribution in [0.15, 0.2) is 60.7 Å². The first kappa shape index (κ1) is 19.4. The number of piperidine rings is 1. The lowest BCUT2D eigenvalue weighted by molar-refractivity contribution is -0.127. The Balaban J connectivity index is 1.67. The molecule has 2 aromatic rings. The van der Waals surface area contributed by atoms with E-state index in [4.69, 9.17) is 4.74 Å². The van der Waals surface area contributed by atoms with E-state index in [0.29, 0.717) is 13.2 Å². The number of hydrogen-bond donors (Lipinski definition) is 2. The second-order valence-electron chi connectivity index (χ2n) is 7.08. The zero-order valence-corrected chi connectivity index (χ0v) is 16.0. The molecule has 1 fully saturated rings. The lowest BCUT2D eigenvalue weighted by Crippen LogP contribution is -2.58. The molecule has 5 heteroatoms. The molecule has 3 rings (SSSR count). The maximum Gasteiger partial charge on any atom is 0.245 e. The van der Waals surface area contributed by atoms with Gasteiger partial charge in [-0.15, -0.1) is 0 Å². The molecule has 0 spiro atoms. The third-order valence-electron chi connectivity index (χ3n) is 5.14. The molecule has 2 N–H and O–H groups in total. The summed E-state index contributed by atoms with van der Waals surface area (Å²) in [6.45, 7) is 3.74. The zero-order valence-electron chi connectivity index (χ0n) is 16.0. The van der Waals surface area contributed by atoms with Crippen LogP contribution in [-0.4, -0.2) is 49.7 Å². The van der Waals surface area contributed by atoms with Crippen molar-refractivity contribution in [1.82, 2.24) is 10.2 Å². The first-order chi connectivity index (χ1) is 13.2. The second-order valence-corrected chi connectivity index (χ2v) is 7.08. The third-order valence-corrected chi connectivity index (χ3v) is 5.14. The molecule has 5 nitrogen and oxygen atoms in total. The van der Waals surface area contributed by atoms with Gasteiger partial charge in [-0.3, -0.25) is 9.69 Å². The van der Waals surface area contributed by atoms with Gasteiger partial charge in [-0.25, -0.2) is 0 Å². The van der Waals surface area contributed by atoms with E-state index in [2.05, 4.69) is 39.8 Å². The number of benzene rings is 2. The van der Waals surface area contributed by atoms with Gasteiger partial charge in [0.2, 0.25) is 5.91 Å². The Morgan fingerprint density at radius 1 is 1.04 bits per heavy atom. The van der Waals surface area contributed by atoms with Crippen LogP contribution in [-0.2, 0) is 16.1 Å². The highest BCUT2D eigenvalue weighted by Crippen LogP contribution is 2.28. The van der Waals surface area contributed by atoms with Crippen LogP contribution < -0.4 is 10.6 Å². The number of nitrogens with one attached hydrogen (secondary N) is 2. The van der Waals surface area contributed by atoms with Crippen LogP contribution >= 0.6 is 0 Å². The Morgan fingerprint density at radius 3 is 2.30 bits per heavy atom. The second kappa shape index (κ2) is 9.53. The van der Waals surface area contributed by atoms with Crippen molar-refractivity contribution in [3.8, 4) is 0 Å². The van der Waals surface area contributed by atoms with E-state index >= 15 is 0 Å². The normalized spacial score (nSPS) is 16.6. The maximum absolute atomic E-state index is 13.0. The molecular weight excluding hydrogens is 338 g/mol. The lowest BCUT2D eigenvalue weighted by Gasteiger charge is -2.41. The monoisotopic (exact) mass is 367 g/mol. The van der Waals surface area contributed by atoms with Gasteiger partial charge in [-0.2, -0.15) is 0 Å². The number of ether oxygens (including phenoxy) is 1. The molecular formula is C22H29N3O2.